The van der Waals surface area contributed by atoms with Crippen LogP contribution >= 0.6 is 8.58 Å². The molecule has 2 rings (SSSR count). The summed E-state index contributed by atoms with van der Waals surface area (Å²) in [5, 5.41) is 8.53. The van der Waals surface area contributed by atoms with E-state index in [0.717, 1.165) is 23.2 Å². The summed E-state index contributed by atoms with van der Waals surface area (Å²) in [7, 11) is 2.53. The van der Waals surface area contributed by atoms with E-state index in [2.05, 4.69) is 35.2 Å². The maximum absolute atomic E-state index is 12.2. The number of likely N-dealkylation sites (N-methyl/N-ethyl adjacent to an activating group) is 1. The summed E-state index contributed by atoms with van der Waals surface area (Å²) in [4.78, 5) is 14.3. The predicted octanol–water partition coefficient (Wildman–Crippen LogP) is 4.68. The summed E-state index contributed by atoms with van der Waals surface area (Å²) in [6, 6.07) is 17.9. The largest absolute Gasteiger partial charge is 0.463 e. The number of rotatable bonds is 8. The molecular weight excluding hydrogens is 355 g/mol. The molecule has 4 nitrogen and oxygen atoms in total. The van der Waals surface area contributed by atoms with Gasteiger partial charge in [0.1, 0.15) is 6.61 Å². The van der Waals surface area contributed by atoms with Crippen molar-refractivity contribution in [3.8, 4) is 17.2 Å². The maximum atomic E-state index is 12.2. The van der Waals surface area contributed by atoms with E-state index in [-0.39, 0.29) is 11.1 Å². The van der Waals surface area contributed by atoms with Gasteiger partial charge in [-0.1, -0.05) is 31.2 Å². The molecule has 2 unspecified atom stereocenters. The van der Waals surface area contributed by atoms with Crippen molar-refractivity contribution in [3.05, 3.63) is 54.1 Å². The van der Waals surface area contributed by atoms with Crippen LogP contribution in [0.15, 0.2) is 48.5 Å². The van der Waals surface area contributed by atoms with E-state index in [1.807, 2.05) is 51.8 Å². The van der Waals surface area contributed by atoms with E-state index in [1.165, 1.54) is 0 Å². The van der Waals surface area contributed by atoms with Crippen LogP contribution < -0.4 is 4.90 Å². The summed E-state index contributed by atoms with van der Waals surface area (Å²) in [6.45, 7) is 7.08. The van der Waals surface area contributed by atoms with Crippen LogP contribution in [-0.2, 0) is 9.53 Å². The average Bonchev–Trinajstić information content (AvgIpc) is 2.73. The van der Waals surface area contributed by atoms with Gasteiger partial charge in [0.05, 0.1) is 23.3 Å². The lowest BCUT2D eigenvalue weighted by atomic mass is 10.0. The number of nitrogens with zero attached hydrogens (tertiary/aromatic N) is 2. The van der Waals surface area contributed by atoms with Gasteiger partial charge in [-0.15, -0.1) is 8.58 Å². The zero-order valence-electron chi connectivity index (χ0n) is 16.5. The number of esters is 1. The molecule has 0 fully saturated rings. The summed E-state index contributed by atoms with van der Waals surface area (Å²) in [5.74, 6) is -0.101. The summed E-state index contributed by atoms with van der Waals surface area (Å²) in [5.41, 5.74) is 3.91. The fourth-order valence-electron chi connectivity index (χ4n) is 2.63. The van der Waals surface area contributed by atoms with Crippen LogP contribution in [0.4, 0.5) is 5.69 Å². The predicted molar refractivity (Wildman–Crippen MR) is 114 cm³/mol. The Morgan fingerprint density at radius 2 is 1.70 bits per heavy atom. The first-order valence-corrected chi connectivity index (χ1v) is 10.6. The fraction of sp³-hybridized carbons (Fsp3) is 0.364. The van der Waals surface area contributed by atoms with E-state index in [1.54, 1.807) is 0 Å². The van der Waals surface area contributed by atoms with Crippen molar-refractivity contribution in [2.75, 3.05) is 31.8 Å². The van der Waals surface area contributed by atoms with E-state index in [0.29, 0.717) is 27.3 Å². The van der Waals surface area contributed by atoms with Gasteiger partial charge in [-0.2, -0.15) is 5.26 Å². The fourth-order valence-corrected chi connectivity index (χ4v) is 3.26. The Kier molecular flexibility index (Phi) is 7.39. The van der Waals surface area contributed by atoms with Crippen LogP contribution in [0.25, 0.3) is 11.1 Å². The molecule has 0 aromatic heterocycles. The highest BCUT2D eigenvalue weighted by Crippen LogP contribution is 2.32. The molecule has 0 aliphatic rings. The zero-order valence-corrected chi connectivity index (χ0v) is 17.5. The molecular formula is C22H27N2O2P. The van der Waals surface area contributed by atoms with Crippen LogP contribution in [-0.4, -0.2) is 38.0 Å². The Morgan fingerprint density at radius 1 is 1.15 bits per heavy atom. The number of anilines is 1. The topological polar surface area (TPSA) is 53.3 Å². The highest BCUT2D eigenvalue weighted by atomic mass is 31.1. The molecule has 0 aliphatic carbocycles. The van der Waals surface area contributed by atoms with Gasteiger partial charge < -0.3 is 9.64 Å². The highest BCUT2D eigenvalue weighted by Gasteiger charge is 2.30. The van der Waals surface area contributed by atoms with Gasteiger partial charge in [-0.05, 0) is 55.4 Å². The Labute approximate surface area is 163 Å². The van der Waals surface area contributed by atoms with Crippen molar-refractivity contribution in [2.24, 2.45) is 0 Å². The smallest absolute Gasteiger partial charge is 0.315 e. The van der Waals surface area contributed by atoms with Crippen LogP contribution in [0.2, 0.25) is 0 Å². The Bertz CT molecular complexity index is 791. The molecule has 142 valence electrons. The van der Waals surface area contributed by atoms with Crippen LogP contribution in [0.1, 0.15) is 25.8 Å². The minimum absolute atomic E-state index is 0.101. The standard InChI is InChI=1S/C22H27N2O2P/c1-5-22(2,27-4)21(25)26-15-14-24(3)20-12-10-19(11-13-20)18-8-6-17(16-23)7-9-18/h6-13,27H,5,14-15H2,1-4H3. The summed E-state index contributed by atoms with van der Waals surface area (Å²) in [6.07, 6.45) is 0.799. The lowest BCUT2D eigenvalue weighted by molar-refractivity contribution is -0.146. The van der Waals surface area contributed by atoms with Crippen molar-refractivity contribution >= 4 is 20.2 Å². The van der Waals surface area contributed by atoms with Gasteiger partial charge in [0, 0.05) is 12.7 Å². The SMILES string of the molecule is CCC(C)(PC)C(=O)OCCN(C)c1ccc(-c2ccc(C#N)cc2)cc1. The van der Waals surface area contributed by atoms with Gasteiger partial charge in [0.2, 0.25) is 0 Å². The number of nitriles is 1. The molecule has 0 spiro atoms. The normalized spacial score (nSPS) is 13.1. The molecule has 0 saturated heterocycles. The van der Waals surface area contributed by atoms with Crippen molar-refractivity contribution < 1.29 is 9.53 Å². The second-order valence-electron chi connectivity index (χ2n) is 6.73. The first-order chi connectivity index (χ1) is 12.9. The minimum Gasteiger partial charge on any atom is -0.463 e. The third-order valence-corrected chi connectivity index (χ3v) is 6.69. The van der Waals surface area contributed by atoms with Crippen molar-refractivity contribution in [1.29, 1.82) is 5.26 Å². The minimum atomic E-state index is -0.360. The number of benzene rings is 2. The molecule has 2 aromatic carbocycles. The van der Waals surface area contributed by atoms with Gasteiger partial charge in [0.15, 0.2) is 0 Å². The molecule has 0 N–H and O–H groups in total. The summed E-state index contributed by atoms with van der Waals surface area (Å²) < 4.78 is 5.50. The monoisotopic (exact) mass is 382 g/mol. The first kappa shape index (κ1) is 20.9. The second-order valence-corrected chi connectivity index (χ2v) is 8.33. The molecule has 0 aliphatic heterocycles. The third kappa shape index (κ3) is 5.31. The zero-order chi connectivity index (χ0) is 19.9. The number of hydrogen-bond acceptors (Lipinski definition) is 4. The third-order valence-electron chi connectivity index (χ3n) is 5.02. The van der Waals surface area contributed by atoms with Gasteiger partial charge >= 0.3 is 5.97 Å². The quantitative estimate of drug-likeness (QED) is 0.491. The van der Waals surface area contributed by atoms with Crippen molar-refractivity contribution in [3.63, 3.8) is 0 Å². The average molecular weight is 382 g/mol. The number of ether oxygens (including phenoxy) is 1. The van der Waals surface area contributed by atoms with Crippen molar-refractivity contribution in [1.82, 2.24) is 0 Å². The molecule has 0 radical (unpaired) electrons. The molecule has 27 heavy (non-hydrogen) atoms. The number of hydrogen-bond donors (Lipinski definition) is 0. The molecule has 0 saturated carbocycles. The Morgan fingerprint density at radius 3 is 2.19 bits per heavy atom. The second kappa shape index (κ2) is 9.53. The lowest BCUT2D eigenvalue weighted by Crippen LogP contribution is -2.33. The molecule has 0 heterocycles. The van der Waals surface area contributed by atoms with E-state index >= 15 is 0 Å². The van der Waals surface area contributed by atoms with Gasteiger partial charge in [-0.3, -0.25) is 4.79 Å². The number of carbonyl (C=O) groups excluding carboxylic acids is 1. The molecule has 2 atom stereocenters. The first-order valence-electron chi connectivity index (χ1n) is 9.11. The Hall–Kier alpha value is -2.37. The van der Waals surface area contributed by atoms with E-state index < -0.39 is 0 Å². The maximum Gasteiger partial charge on any atom is 0.315 e. The lowest BCUT2D eigenvalue weighted by Gasteiger charge is -2.25. The van der Waals surface area contributed by atoms with Gasteiger partial charge in [0.25, 0.3) is 0 Å². The van der Waals surface area contributed by atoms with Gasteiger partial charge in [-0.25, -0.2) is 0 Å². The summed E-state index contributed by atoms with van der Waals surface area (Å²) >= 11 is 0. The van der Waals surface area contributed by atoms with E-state index in [9.17, 15) is 4.79 Å². The van der Waals surface area contributed by atoms with E-state index in [4.69, 9.17) is 10.00 Å². The molecule has 0 bridgehead atoms. The highest BCUT2D eigenvalue weighted by molar-refractivity contribution is 7.40. The van der Waals surface area contributed by atoms with Crippen LogP contribution in [0.3, 0.4) is 0 Å². The number of carbonyl (C=O) groups is 1. The Balaban J connectivity index is 1.92. The van der Waals surface area contributed by atoms with Crippen LogP contribution in [0, 0.1) is 11.3 Å². The molecule has 5 heteroatoms. The molecule has 2 aromatic rings. The molecule has 0 amide bonds. The van der Waals surface area contributed by atoms with Crippen LogP contribution in [0.5, 0.6) is 0 Å². The van der Waals surface area contributed by atoms with Crippen molar-refractivity contribution in [2.45, 2.75) is 25.4 Å².